The zero-order valence-corrected chi connectivity index (χ0v) is 64.1. The van der Waals surface area contributed by atoms with Crippen LogP contribution in [0.4, 0.5) is 0 Å². The summed E-state index contributed by atoms with van der Waals surface area (Å²) in [5.41, 5.74) is 0. The molecule has 0 aromatic rings. The standard InChI is InChI=1S/C75H114O43/c76-23-45-55(89)60(94)66(100)72(114-45)110-40-10-2-29(16-38(40)81)5-13-52(86)105-25-47-57(91)62(96)67(101)73(116-47)111-41-11-3-30(17-39(41)82)6-14-53(87)106-26-48-58(92)63(97)68(102)74(117-48)112-43-18-31(7-9-35(43)78)70-44(113-75-69(103)64(98)59(93)49(118-75)27-107-54(88)22-50(83)84)21-33-36(79)19-32(20-42(33)109-70)108-71-65(99)61(95)56(90)46(115-71)24-104-51(85)12-4-28-1-8-34(77)37(80)15-28/h4-6,12-14,28-49,55-82,89-103H,1-3,7-11,15-27H2,(H,83,84)/t28?,29?,30?,31?,32?,33?,34?,35?,36?,37?,38?,39?,40?,41?,42?,43?,44?,45-,46-,47-,48-,49-,55-,56-,57-,58-,59-,60+,61+,62+,63+,64+,65-,66-,67-,68-,69-,70?,71-,72-,73-,74-,75-/m1/s1. The first kappa shape index (κ1) is 93.9. The maximum Gasteiger partial charge on any atom is 0.330 e. The highest BCUT2D eigenvalue weighted by Crippen LogP contribution is 2.46. The lowest BCUT2D eigenvalue weighted by Gasteiger charge is -2.52. The van der Waals surface area contributed by atoms with Gasteiger partial charge in [-0.1, -0.05) is 18.2 Å². The quantitative estimate of drug-likeness (QED) is 0.0150. The van der Waals surface area contributed by atoms with E-state index in [9.17, 15) is 136 Å². The van der Waals surface area contributed by atoms with Gasteiger partial charge in [-0.15, -0.1) is 0 Å². The first-order chi connectivity index (χ1) is 56.0. The van der Waals surface area contributed by atoms with E-state index in [0.29, 0.717) is 19.3 Å². The molecule has 0 aromatic carbocycles. The van der Waals surface area contributed by atoms with E-state index in [0.717, 1.165) is 18.2 Å². The molecule has 118 heavy (non-hydrogen) atoms. The number of hydrogen-bond acceptors (Lipinski definition) is 42. The molecule has 5 aliphatic carbocycles. The molecular weight excluding hydrogens is 1590 g/mol. The molecule has 6 saturated heterocycles. The molecule has 23 N–H and O–H groups in total. The van der Waals surface area contributed by atoms with Crippen molar-refractivity contribution in [1.29, 1.82) is 0 Å². The van der Waals surface area contributed by atoms with Gasteiger partial charge in [0.15, 0.2) is 31.5 Å². The smallest absolute Gasteiger partial charge is 0.330 e. The molecule has 18 unspecified atom stereocenters. The molecule has 672 valence electrons. The molecule has 5 saturated carbocycles. The second-order valence-electron chi connectivity index (χ2n) is 32.6. The SMILES string of the molecule is O=C(O)CC(=O)OC[C@H]1O[C@@H](OC2CC3C(O)CC(O[C@@H]4O[C@H](COC(=O)C=CC5CCC(O)C(O)C5)[C@@H](O)[C@H](O)[C@H]4O)CC3OC2C2CCC(O)C(O[C@@H]3O[C@H](COC(=O)C=CC4CCC(O[C@@H]5O[C@H](COC(=O)C=CC6CCC(O[C@@H]7O[C@H](CO)[C@@H](O)[C@H](O)[C@H]7O)C(O)C6)[C@@H](O)[C@H](O)[C@H]5O)C(O)C4)[C@@H](O)[C@H](O)[C@H]3O)C2)[C@H](O)[C@@H](O)[C@@H]1O. The highest BCUT2D eigenvalue weighted by molar-refractivity contribution is 5.90. The van der Waals surface area contributed by atoms with E-state index in [1.54, 1.807) is 0 Å². The molecule has 11 aliphatic rings. The van der Waals surface area contributed by atoms with Crippen LogP contribution in [-0.4, -0.2) is 413 Å². The summed E-state index contributed by atoms with van der Waals surface area (Å²) in [6, 6.07) is 0. The number of aliphatic hydroxyl groups is 22. The van der Waals surface area contributed by atoms with Gasteiger partial charge in [-0.25, -0.2) is 14.4 Å². The van der Waals surface area contributed by atoms with Gasteiger partial charge < -0.3 is 189 Å². The fourth-order valence-electron chi connectivity index (χ4n) is 17.3. The molecule has 11 fully saturated rings. The Balaban J connectivity index is 0.669. The fraction of sp³-hybridized carbons (Fsp3) is 0.853. The predicted molar refractivity (Wildman–Crippen MR) is 380 cm³/mol. The Kier molecular flexibility index (Phi) is 33.7. The Morgan fingerprint density at radius 2 is 0.678 bits per heavy atom. The molecule has 43 atom stereocenters. The minimum absolute atomic E-state index is 0.0248. The number of hydrogen-bond donors (Lipinski definition) is 23. The summed E-state index contributed by atoms with van der Waals surface area (Å²) in [5, 5.41) is 247. The van der Waals surface area contributed by atoms with Gasteiger partial charge in [-0.3, -0.25) is 9.59 Å². The zero-order chi connectivity index (χ0) is 85.4. The number of allylic oxidation sites excluding steroid dienone is 3. The van der Waals surface area contributed by atoms with Crippen molar-refractivity contribution in [3.63, 3.8) is 0 Å². The number of ether oxygens (including phenoxy) is 15. The van der Waals surface area contributed by atoms with Crippen LogP contribution < -0.4 is 0 Å². The van der Waals surface area contributed by atoms with Crippen LogP contribution in [0, 0.1) is 29.6 Å². The average Bonchev–Trinajstić information content (AvgIpc) is 0.763. The van der Waals surface area contributed by atoms with Crippen LogP contribution in [-0.2, 0) is 95.0 Å². The number of carboxylic acids is 1. The summed E-state index contributed by atoms with van der Waals surface area (Å²) < 4.78 is 87.1. The third-order valence-corrected chi connectivity index (χ3v) is 24.3. The summed E-state index contributed by atoms with van der Waals surface area (Å²) in [6.45, 7) is -3.50. The van der Waals surface area contributed by atoms with Crippen molar-refractivity contribution in [3.8, 4) is 0 Å². The summed E-state index contributed by atoms with van der Waals surface area (Å²) in [7, 11) is 0. The summed E-state index contributed by atoms with van der Waals surface area (Å²) in [6.07, 6.45) is -50.0. The number of fused-ring (bicyclic) bond motifs is 1. The van der Waals surface area contributed by atoms with Crippen molar-refractivity contribution < 1.29 is 212 Å². The van der Waals surface area contributed by atoms with Crippen molar-refractivity contribution in [2.24, 2.45) is 29.6 Å². The molecule has 6 heterocycles. The van der Waals surface area contributed by atoms with E-state index in [1.807, 2.05) is 0 Å². The normalized spacial score (nSPS) is 47.3. The minimum atomic E-state index is -2.01. The Labute approximate surface area is 674 Å². The molecule has 0 radical (unpaired) electrons. The zero-order valence-electron chi connectivity index (χ0n) is 64.1. The first-order valence-electron chi connectivity index (χ1n) is 40.1. The van der Waals surface area contributed by atoms with Crippen molar-refractivity contribution in [1.82, 2.24) is 0 Å². The Hall–Kier alpha value is -4.75. The molecular formula is C75H114O43. The van der Waals surface area contributed by atoms with E-state index in [1.165, 1.54) is 18.2 Å². The molecule has 6 aliphatic heterocycles. The molecule has 0 amide bonds. The Morgan fingerprint density at radius 1 is 0.314 bits per heavy atom. The maximum absolute atomic E-state index is 13.3. The number of aliphatic hydroxyl groups excluding tert-OH is 22. The minimum Gasteiger partial charge on any atom is -0.481 e. The molecule has 0 spiro atoms. The third-order valence-electron chi connectivity index (χ3n) is 24.3. The van der Waals surface area contributed by atoms with Crippen LogP contribution in [0.5, 0.6) is 0 Å². The van der Waals surface area contributed by atoms with Crippen LogP contribution >= 0.6 is 0 Å². The van der Waals surface area contributed by atoms with Gasteiger partial charge >= 0.3 is 29.8 Å². The highest BCUT2D eigenvalue weighted by atomic mass is 16.8. The number of carboxylic acid groups (broad SMARTS) is 1. The second-order valence-corrected chi connectivity index (χ2v) is 32.6. The average molecular weight is 1700 g/mol. The van der Waals surface area contributed by atoms with Crippen LogP contribution in [0.1, 0.15) is 103 Å². The Bertz CT molecular complexity index is 3320. The van der Waals surface area contributed by atoms with Crippen molar-refractivity contribution in [2.75, 3.05) is 33.0 Å². The topological polar surface area (TPSA) is 689 Å². The lowest BCUT2D eigenvalue weighted by molar-refractivity contribution is -0.341. The molecule has 0 aromatic heterocycles. The maximum atomic E-state index is 13.3. The highest BCUT2D eigenvalue weighted by Gasteiger charge is 2.57. The molecule has 0 bridgehead atoms. The monoisotopic (exact) mass is 1700 g/mol. The first-order valence-corrected chi connectivity index (χ1v) is 40.1. The van der Waals surface area contributed by atoms with E-state index in [2.05, 4.69) is 0 Å². The lowest BCUT2D eigenvalue weighted by Crippen LogP contribution is -2.63. The van der Waals surface area contributed by atoms with E-state index >= 15 is 0 Å². The fourth-order valence-corrected chi connectivity index (χ4v) is 17.3. The molecule has 11 rings (SSSR count). The molecule has 43 heteroatoms. The van der Waals surface area contributed by atoms with Crippen LogP contribution in [0.25, 0.3) is 0 Å². The van der Waals surface area contributed by atoms with Crippen LogP contribution in [0.3, 0.4) is 0 Å². The van der Waals surface area contributed by atoms with Crippen LogP contribution in [0.2, 0.25) is 0 Å². The van der Waals surface area contributed by atoms with E-state index in [4.69, 9.17) is 76.2 Å². The number of esters is 4. The second kappa shape index (κ2) is 42.3. The number of aliphatic carboxylic acids is 1. The summed E-state index contributed by atoms with van der Waals surface area (Å²) in [4.78, 5) is 62.3. The lowest BCUT2D eigenvalue weighted by atomic mass is 9.72. The predicted octanol–water partition coefficient (Wildman–Crippen LogP) is -9.81. The van der Waals surface area contributed by atoms with Gasteiger partial charge in [-0.05, 0) is 107 Å². The summed E-state index contributed by atoms with van der Waals surface area (Å²) >= 11 is 0. The number of carbonyl (C=O) groups excluding carboxylic acids is 4. The van der Waals surface area contributed by atoms with E-state index < -0.39 is 320 Å². The van der Waals surface area contributed by atoms with Gasteiger partial charge in [0.25, 0.3) is 0 Å². The number of rotatable bonds is 28. The van der Waals surface area contributed by atoms with E-state index in [-0.39, 0.29) is 88.9 Å². The van der Waals surface area contributed by atoms with Crippen molar-refractivity contribution in [3.05, 3.63) is 36.5 Å². The third kappa shape index (κ3) is 23.4. The molecule has 43 nitrogen and oxygen atoms in total. The van der Waals surface area contributed by atoms with Gasteiger partial charge in [0.1, 0.15) is 155 Å². The Morgan fingerprint density at radius 3 is 1.08 bits per heavy atom. The van der Waals surface area contributed by atoms with Gasteiger partial charge in [-0.2, -0.15) is 0 Å². The largest absolute Gasteiger partial charge is 0.481 e. The van der Waals surface area contributed by atoms with Gasteiger partial charge in [0, 0.05) is 37.0 Å². The van der Waals surface area contributed by atoms with Crippen molar-refractivity contribution >= 4 is 29.8 Å². The number of carbonyl (C=O) groups is 5. The van der Waals surface area contributed by atoms with Crippen LogP contribution in [0.15, 0.2) is 36.5 Å². The van der Waals surface area contributed by atoms with Gasteiger partial charge in [0.2, 0.25) is 0 Å². The van der Waals surface area contributed by atoms with Crippen molar-refractivity contribution in [2.45, 2.75) is 336 Å². The summed E-state index contributed by atoms with van der Waals surface area (Å²) in [5.74, 6) is -8.22. The van der Waals surface area contributed by atoms with Gasteiger partial charge in [0.05, 0.1) is 86.0 Å².